The minimum Gasteiger partial charge on any atom is -0.487 e. The molecule has 4 heteroatoms. The molecule has 4 nitrogen and oxygen atoms in total. The molecule has 0 N–H and O–H groups in total. The molecule has 0 amide bonds. The van der Waals surface area contributed by atoms with Gasteiger partial charge in [-0.25, -0.2) is 9.97 Å². The average molecular weight is 539 g/mol. The summed E-state index contributed by atoms with van der Waals surface area (Å²) in [4.78, 5) is 23.8. The van der Waals surface area contributed by atoms with Gasteiger partial charge in [0, 0.05) is 27.8 Å². The summed E-state index contributed by atoms with van der Waals surface area (Å²) in [5.74, 6) is 8.11. The predicted octanol–water partition coefficient (Wildman–Crippen LogP) is 8.14. The molecule has 4 aromatic rings. The molecule has 2 aliphatic carbocycles. The highest BCUT2D eigenvalue weighted by molar-refractivity contribution is 6.10. The quantitative estimate of drug-likeness (QED) is 0.181. The van der Waals surface area contributed by atoms with E-state index in [0.29, 0.717) is 17.8 Å². The summed E-state index contributed by atoms with van der Waals surface area (Å²) in [5.41, 5.74) is 4.25. The van der Waals surface area contributed by atoms with E-state index >= 15 is 0 Å². The number of hydrogen-bond acceptors (Lipinski definition) is 4. The lowest BCUT2D eigenvalue weighted by atomic mass is 9.64. The first kappa shape index (κ1) is 25.7. The van der Waals surface area contributed by atoms with Gasteiger partial charge in [0.1, 0.15) is 11.4 Å². The molecule has 1 aliphatic heterocycles. The third kappa shape index (κ3) is 4.27. The van der Waals surface area contributed by atoms with E-state index in [0.717, 1.165) is 57.3 Å². The van der Waals surface area contributed by atoms with E-state index in [1.807, 2.05) is 61.6 Å². The molecular weight excluding hydrogens is 504 g/mol. The van der Waals surface area contributed by atoms with Crippen LogP contribution in [0.1, 0.15) is 75.4 Å². The summed E-state index contributed by atoms with van der Waals surface area (Å²) in [6.45, 7) is 8.76. The fraction of sp³-hybridized carbons (Fsp3) is 0.324. The lowest BCUT2D eigenvalue weighted by Gasteiger charge is -2.49. The largest absolute Gasteiger partial charge is 0.487 e. The normalized spacial score (nSPS) is 25.7. The van der Waals surface area contributed by atoms with Gasteiger partial charge in [0.25, 0.3) is 0 Å². The molecule has 3 aromatic carbocycles. The molecule has 41 heavy (non-hydrogen) atoms. The summed E-state index contributed by atoms with van der Waals surface area (Å²) in [5, 5.41) is 2.14. The van der Waals surface area contributed by atoms with Crippen molar-refractivity contribution in [3.8, 4) is 17.6 Å². The first-order valence-corrected chi connectivity index (χ1v) is 14.7. The Labute approximate surface area is 241 Å². The number of nitrogens with zero attached hydrogens (tertiary/aromatic N) is 2. The van der Waals surface area contributed by atoms with Gasteiger partial charge >= 0.3 is 0 Å². The number of carbonyl (C=O) groups excluding carboxylic acids is 1. The zero-order valence-corrected chi connectivity index (χ0v) is 24.1. The number of allylic oxidation sites excluding steroid dienone is 2. The van der Waals surface area contributed by atoms with E-state index < -0.39 is 5.41 Å². The number of rotatable bonds is 1. The molecule has 0 saturated heterocycles. The molecule has 204 valence electrons. The van der Waals surface area contributed by atoms with Crippen molar-refractivity contribution in [1.82, 2.24) is 9.97 Å². The van der Waals surface area contributed by atoms with Crippen LogP contribution in [0.5, 0.6) is 5.75 Å². The minimum absolute atomic E-state index is 0.163. The highest BCUT2D eigenvalue weighted by Gasteiger charge is 2.47. The van der Waals surface area contributed by atoms with Crippen molar-refractivity contribution in [2.45, 2.75) is 58.5 Å². The second-order valence-electron chi connectivity index (χ2n) is 12.7. The molecule has 0 spiro atoms. The maximum atomic E-state index is 13.3. The van der Waals surface area contributed by atoms with Crippen molar-refractivity contribution in [2.24, 2.45) is 17.3 Å². The van der Waals surface area contributed by atoms with Crippen LogP contribution < -0.4 is 4.74 Å². The van der Waals surface area contributed by atoms with Gasteiger partial charge in [0.05, 0.1) is 27.8 Å². The molecule has 3 aliphatic rings. The summed E-state index contributed by atoms with van der Waals surface area (Å²) in [7, 11) is 0. The third-order valence-electron chi connectivity index (χ3n) is 9.38. The second kappa shape index (κ2) is 9.42. The Balaban J connectivity index is 1.39. The van der Waals surface area contributed by atoms with Crippen LogP contribution in [-0.2, 0) is 4.79 Å². The Hall–Kier alpha value is -4.23. The smallest absolute Gasteiger partial charge is 0.219 e. The van der Waals surface area contributed by atoms with Crippen LogP contribution in [0, 0.1) is 29.1 Å². The van der Waals surface area contributed by atoms with Crippen LogP contribution >= 0.6 is 0 Å². The van der Waals surface area contributed by atoms with Crippen LogP contribution in [-0.4, -0.2) is 21.4 Å². The zero-order chi connectivity index (χ0) is 28.4. The van der Waals surface area contributed by atoms with Crippen LogP contribution in [0.4, 0.5) is 0 Å². The molecule has 2 heterocycles. The molecule has 1 fully saturated rings. The minimum atomic E-state index is -0.880. The van der Waals surface area contributed by atoms with E-state index in [1.165, 1.54) is 12.0 Å². The number of ether oxygens (including phenoxy) is 1. The van der Waals surface area contributed by atoms with Crippen LogP contribution in [0.25, 0.3) is 34.0 Å². The zero-order valence-electron chi connectivity index (χ0n) is 24.1. The van der Waals surface area contributed by atoms with Crippen molar-refractivity contribution in [3.05, 3.63) is 89.3 Å². The average Bonchev–Trinajstić information content (AvgIpc) is 3.14. The number of benzene rings is 3. The number of fused-ring (bicyclic) bond motifs is 9. The number of carbonyl (C=O) groups is 1. The van der Waals surface area contributed by atoms with Crippen molar-refractivity contribution in [2.75, 3.05) is 0 Å². The first-order valence-electron chi connectivity index (χ1n) is 14.7. The van der Waals surface area contributed by atoms with Gasteiger partial charge < -0.3 is 4.74 Å². The Morgan fingerprint density at radius 1 is 0.878 bits per heavy atom. The van der Waals surface area contributed by atoms with Crippen LogP contribution in [0.3, 0.4) is 0 Å². The van der Waals surface area contributed by atoms with Gasteiger partial charge in [-0.05, 0) is 75.7 Å². The SMILES string of the molecule is CC1CCC2[C@H](C1)c1c(c3ccccc3c3nc4c(nc13)C=CC(C)(C(=O)C#Cc1ccccc1)C=C4)OC2(C)C. The number of Topliss-reactive ketones (excluding diaryl/α,β-unsaturated/α-hetero) is 1. The van der Waals surface area contributed by atoms with E-state index in [1.54, 1.807) is 0 Å². The number of aromatic nitrogens is 2. The molecule has 4 atom stereocenters. The number of ketones is 1. The van der Waals surface area contributed by atoms with Gasteiger partial charge in [-0.2, -0.15) is 0 Å². The standard InChI is InChI=1S/C37H34N2O2/c1-23-14-16-28-27(22-23)32-34-33(25-12-8-9-13-26(25)35(32)41-36(28,2)3)38-29-18-20-37(4,21-19-30(29)39-34)31(40)17-15-24-10-6-5-7-11-24/h5-13,18-21,23,27-28H,14,16,22H2,1-4H3/t23?,27-,28?,37?/m0/s1. The number of hydrogen-bond donors (Lipinski definition) is 0. The van der Waals surface area contributed by atoms with Gasteiger partial charge in [-0.3, -0.25) is 4.79 Å². The molecule has 0 bridgehead atoms. The molecule has 1 saturated carbocycles. The fourth-order valence-corrected chi connectivity index (χ4v) is 7.04. The predicted molar refractivity (Wildman–Crippen MR) is 165 cm³/mol. The summed E-state index contributed by atoms with van der Waals surface area (Å²) < 4.78 is 6.88. The van der Waals surface area contributed by atoms with Crippen LogP contribution in [0.2, 0.25) is 0 Å². The lowest BCUT2D eigenvalue weighted by Crippen LogP contribution is -2.46. The Morgan fingerprint density at radius 2 is 1.54 bits per heavy atom. The van der Waals surface area contributed by atoms with Crippen molar-refractivity contribution in [1.29, 1.82) is 0 Å². The Bertz CT molecular complexity index is 1840. The van der Waals surface area contributed by atoms with E-state index in [9.17, 15) is 4.79 Å². The fourth-order valence-electron chi connectivity index (χ4n) is 7.04. The van der Waals surface area contributed by atoms with Crippen molar-refractivity contribution < 1.29 is 9.53 Å². The molecule has 1 aromatic heterocycles. The maximum absolute atomic E-state index is 13.3. The maximum Gasteiger partial charge on any atom is 0.219 e. The van der Waals surface area contributed by atoms with Gasteiger partial charge in [-0.15, -0.1) is 0 Å². The summed E-state index contributed by atoms with van der Waals surface area (Å²) in [6, 6.07) is 18.0. The van der Waals surface area contributed by atoms with Gasteiger partial charge in [0.2, 0.25) is 5.78 Å². The topological polar surface area (TPSA) is 52.1 Å². The molecule has 0 radical (unpaired) electrons. The van der Waals surface area contributed by atoms with E-state index in [-0.39, 0.29) is 11.4 Å². The van der Waals surface area contributed by atoms with Crippen molar-refractivity contribution in [3.63, 3.8) is 0 Å². The highest BCUT2D eigenvalue weighted by atomic mass is 16.5. The third-order valence-corrected chi connectivity index (χ3v) is 9.38. The molecular formula is C37H34N2O2. The summed E-state index contributed by atoms with van der Waals surface area (Å²) >= 11 is 0. The van der Waals surface area contributed by atoms with Crippen molar-refractivity contribution >= 4 is 39.7 Å². The first-order chi connectivity index (χ1) is 19.7. The highest BCUT2D eigenvalue weighted by Crippen LogP contribution is 2.56. The summed E-state index contributed by atoms with van der Waals surface area (Å²) in [6.07, 6.45) is 11.2. The second-order valence-corrected chi connectivity index (χ2v) is 12.7. The van der Waals surface area contributed by atoms with E-state index in [4.69, 9.17) is 14.7 Å². The van der Waals surface area contributed by atoms with Crippen LogP contribution in [0.15, 0.2) is 66.7 Å². The molecule has 3 unspecified atom stereocenters. The van der Waals surface area contributed by atoms with E-state index in [2.05, 4.69) is 56.9 Å². The Kier molecular flexibility index (Phi) is 5.91. The molecule has 7 rings (SSSR count). The Morgan fingerprint density at radius 3 is 2.27 bits per heavy atom. The van der Waals surface area contributed by atoms with Gasteiger partial charge in [0.15, 0.2) is 0 Å². The monoisotopic (exact) mass is 538 g/mol. The lowest BCUT2D eigenvalue weighted by molar-refractivity contribution is -0.118. The van der Waals surface area contributed by atoms with Gasteiger partial charge in [-0.1, -0.05) is 73.9 Å².